The maximum atomic E-state index is 14.2. The van der Waals surface area contributed by atoms with Crippen LogP contribution in [-0.4, -0.2) is 58.5 Å². The molecule has 0 spiro atoms. The quantitative estimate of drug-likeness (QED) is 0.249. The van der Waals surface area contributed by atoms with Crippen LogP contribution >= 0.6 is 23.2 Å². The summed E-state index contributed by atoms with van der Waals surface area (Å²) >= 11 is 12.3. The molecule has 0 saturated carbocycles. The average Bonchev–Trinajstić information content (AvgIpc) is 3.00. The normalized spacial score (nSPS) is 11.9. The van der Waals surface area contributed by atoms with Crippen molar-refractivity contribution in [3.63, 3.8) is 0 Å². The van der Waals surface area contributed by atoms with E-state index in [4.69, 9.17) is 32.7 Å². The molecule has 1 atom stereocenters. The van der Waals surface area contributed by atoms with Crippen LogP contribution in [-0.2, 0) is 26.2 Å². The molecule has 0 aliphatic heterocycles. The van der Waals surface area contributed by atoms with Crippen LogP contribution in [0.25, 0.3) is 0 Å². The molecule has 0 aliphatic carbocycles. The predicted octanol–water partition coefficient (Wildman–Crippen LogP) is 5.54. The van der Waals surface area contributed by atoms with Crippen LogP contribution in [0.15, 0.2) is 71.6 Å². The number of amides is 2. The summed E-state index contributed by atoms with van der Waals surface area (Å²) in [6.45, 7) is 3.54. The van der Waals surface area contributed by atoms with Gasteiger partial charge in [-0.2, -0.15) is 0 Å². The third kappa shape index (κ3) is 7.87. The Morgan fingerprint density at radius 2 is 1.62 bits per heavy atom. The lowest BCUT2D eigenvalue weighted by molar-refractivity contribution is -0.140. The van der Waals surface area contributed by atoms with Gasteiger partial charge in [-0.05, 0) is 66.9 Å². The van der Waals surface area contributed by atoms with E-state index in [0.717, 1.165) is 4.31 Å². The third-order valence-corrected chi connectivity index (χ3v) is 9.07. The van der Waals surface area contributed by atoms with E-state index in [-0.39, 0.29) is 28.8 Å². The summed E-state index contributed by atoms with van der Waals surface area (Å²) in [4.78, 5) is 28.7. The molecule has 226 valence electrons. The highest BCUT2D eigenvalue weighted by atomic mass is 35.5. The second kappa shape index (κ2) is 15.1. The lowest BCUT2D eigenvalue weighted by Gasteiger charge is -2.33. The van der Waals surface area contributed by atoms with Crippen molar-refractivity contribution in [2.24, 2.45) is 0 Å². The van der Waals surface area contributed by atoms with Crippen LogP contribution in [0.5, 0.6) is 11.5 Å². The summed E-state index contributed by atoms with van der Waals surface area (Å²) in [5, 5.41) is 3.49. The number of sulfonamides is 1. The fourth-order valence-corrected chi connectivity index (χ4v) is 6.09. The van der Waals surface area contributed by atoms with Crippen molar-refractivity contribution < 1.29 is 27.5 Å². The lowest BCUT2D eigenvalue weighted by Crippen LogP contribution is -2.52. The molecule has 0 radical (unpaired) electrons. The van der Waals surface area contributed by atoms with Crippen molar-refractivity contribution in [2.75, 3.05) is 31.6 Å². The van der Waals surface area contributed by atoms with Gasteiger partial charge in [0, 0.05) is 13.1 Å². The number of ether oxygens (including phenoxy) is 2. The van der Waals surface area contributed by atoms with Gasteiger partial charge in [0.25, 0.3) is 10.0 Å². The minimum Gasteiger partial charge on any atom is -0.497 e. The number of halogens is 2. The number of rotatable bonds is 14. The molecule has 3 rings (SSSR count). The van der Waals surface area contributed by atoms with Gasteiger partial charge in [0.2, 0.25) is 11.8 Å². The van der Waals surface area contributed by atoms with E-state index < -0.39 is 28.5 Å². The highest BCUT2D eigenvalue weighted by Crippen LogP contribution is 2.33. The van der Waals surface area contributed by atoms with E-state index in [9.17, 15) is 18.0 Å². The molecule has 2 amide bonds. The Kier molecular flexibility index (Phi) is 11.9. The zero-order valence-corrected chi connectivity index (χ0v) is 26.3. The molecular formula is C30H35Cl2N3O6S. The topological polar surface area (TPSA) is 105 Å². The zero-order valence-electron chi connectivity index (χ0n) is 24.0. The molecule has 0 bridgehead atoms. The summed E-state index contributed by atoms with van der Waals surface area (Å²) in [6, 6.07) is 16.4. The first-order chi connectivity index (χ1) is 20.1. The first kappa shape index (κ1) is 33.0. The van der Waals surface area contributed by atoms with Crippen LogP contribution in [0.1, 0.15) is 32.3 Å². The minimum absolute atomic E-state index is 0.00385. The van der Waals surface area contributed by atoms with Crippen LogP contribution in [0.2, 0.25) is 10.0 Å². The Morgan fingerprint density at radius 3 is 2.21 bits per heavy atom. The number of para-hydroxylation sites is 2. The summed E-state index contributed by atoms with van der Waals surface area (Å²) in [6.07, 6.45) is 1.01. The molecule has 1 N–H and O–H groups in total. The molecule has 3 aromatic rings. The number of anilines is 1. The summed E-state index contributed by atoms with van der Waals surface area (Å²) in [7, 11) is -1.39. The van der Waals surface area contributed by atoms with E-state index in [1.54, 1.807) is 49.4 Å². The summed E-state index contributed by atoms with van der Waals surface area (Å²) in [5.41, 5.74) is 0.795. The van der Waals surface area contributed by atoms with E-state index in [1.807, 2.05) is 6.92 Å². The fourth-order valence-electron chi connectivity index (χ4n) is 4.34. The number of hydrogen-bond donors (Lipinski definition) is 1. The van der Waals surface area contributed by atoms with Gasteiger partial charge in [0.15, 0.2) is 0 Å². The Morgan fingerprint density at radius 1 is 0.929 bits per heavy atom. The van der Waals surface area contributed by atoms with E-state index in [0.29, 0.717) is 40.7 Å². The van der Waals surface area contributed by atoms with Crippen molar-refractivity contribution in [2.45, 2.75) is 44.2 Å². The molecule has 0 fully saturated rings. The number of nitrogens with one attached hydrogen (secondary N) is 1. The molecule has 3 aromatic carbocycles. The Labute approximate surface area is 257 Å². The minimum atomic E-state index is -4.28. The maximum absolute atomic E-state index is 14.2. The SMILES string of the molecule is CCCNC(=O)[C@H](CC)N(Cc1ccc(Cl)c(Cl)c1)C(=O)CN(c1ccccc1OC)S(=O)(=O)c1ccc(OC)cc1. The van der Waals surface area contributed by atoms with E-state index >= 15 is 0 Å². The van der Waals surface area contributed by atoms with Gasteiger partial charge in [-0.15, -0.1) is 0 Å². The molecule has 0 unspecified atom stereocenters. The van der Waals surface area contributed by atoms with Gasteiger partial charge in [-0.3, -0.25) is 13.9 Å². The Hall–Kier alpha value is -3.47. The third-order valence-electron chi connectivity index (χ3n) is 6.55. The lowest BCUT2D eigenvalue weighted by atomic mass is 10.1. The first-order valence-electron chi connectivity index (χ1n) is 13.4. The fraction of sp³-hybridized carbons (Fsp3) is 0.333. The van der Waals surface area contributed by atoms with Crippen LogP contribution in [0.3, 0.4) is 0 Å². The van der Waals surface area contributed by atoms with Gasteiger partial charge < -0.3 is 19.7 Å². The largest absolute Gasteiger partial charge is 0.497 e. The van der Waals surface area contributed by atoms with Crippen LogP contribution in [0.4, 0.5) is 5.69 Å². The van der Waals surface area contributed by atoms with Gasteiger partial charge in [-0.25, -0.2) is 8.42 Å². The summed E-state index contributed by atoms with van der Waals surface area (Å²) in [5.74, 6) is -0.200. The average molecular weight is 637 g/mol. The molecule has 0 heterocycles. The monoisotopic (exact) mass is 635 g/mol. The van der Waals surface area contributed by atoms with Crippen molar-refractivity contribution >= 4 is 50.7 Å². The van der Waals surface area contributed by atoms with Crippen molar-refractivity contribution in [1.29, 1.82) is 0 Å². The van der Waals surface area contributed by atoms with Gasteiger partial charge in [0.1, 0.15) is 24.1 Å². The maximum Gasteiger partial charge on any atom is 0.264 e. The number of methoxy groups -OCH3 is 2. The molecule has 42 heavy (non-hydrogen) atoms. The smallest absolute Gasteiger partial charge is 0.264 e. The van der Waals surface area contributed by atoms with Crippen molar-refractivity contribution in [3.05, 3.63) is 82.3 Å². The van der Waals surface area contributed by atoms with Crippen molar-refractivity contribution in [3.8, 4) is 11.5 Å². The molecule has 0 saturated heterocycles. The predicted molar refractivity (Wildman–Crippen MR) is 165 cm³/mol. The second-order valence-corrected chi connectivity index (χ2v) is 12.0. The van der Waals surface area contributed by atoms with E-state index in [2.05, 4.69) is 5.32 Å². The summed E-state index contributed by atoms with van der Waals surface area (Å²) < 4.78 is 39.8. The molecule has 9 nitrogen and oxygen atoms in total. The number of hydrogen-bond acceptors (Lipinski definition) is 6. The second-order valence-electron chi connectivity index (χ2n) is 9.34. The Bertz CT molecular complexity index is 1480. The van der Waals surface area contributed by atoms with Gasteiger partial charge >= 0.3 is 0 Å². The molecular weight excluding hydrogens is 601 g/mol. The van der Waals surface area contributed by atoms with Crippen molar-refractivity contribution in [1.82, 2.24) is 10.2 Å². The standard InChI is InChI=1S/C30H35Cl2N3O6S/c1-5-17-33-30(37)26(6-2)34(19-21-11-16-24(31)25(32)18-21)29(36)20-35(27-9-7-8-10-28(27)41-4)42(38,39)23-14-12-22(40-3)13-15-23/h7-16,18,26H,5-6,17,19-20H2,1-4H3,(H,33,37)/t26-/m0/s1. The number of carbonyl (C=O) groups excluding carboxylic acids is 2. The number of carbonyl (C=O) groups is 2. The Balaban J connectivity index is 2.10. The van der Waals surface area contributed by atoms with Crippen LogP contribution in [0, 0.1) is 0 Å². The molecule has 12 heteroatoms. The molecule has 0 aliphatic rings. The van der Waals surface area contributed by atoms with E-state index in [1.165, 1.54) is 43.4 Å². The highest BCUT2D eigenvalue weighted by Gasteiger charge is 2.34. The number of benzene rings is 3. The zero-order chi connectivity index (χ0) is 30.9. The van der Waals surface area contributed by atoms with Crippen LogP contribution < -0.4 is 19.1 Å². The first-order valence-corrected chi connectivity index (χ1v) is 15.6. The molecule has 0 aromatic heterocycles. The van der Waals surface area contributed by atoms with Gasteiger partial charge in [-0.1, -0.05) is 55.2 Å². The highest BCUT2D eigenvalue weighted by molar-refractivity contribution is 7.92. The van der Waals surface area contributed by atoms with Gasteiger partial charge in [0.05, 0.1) is 34.8 Å². The number of nitrogens with zero attached hydrogens (tertiary/aromatic N) is 2.